The van der Waals surface area contributed by atoms with Crippen LogP contribution in [0.1, 0.15) is 12.7 Å². The van der Waals surface area contributed by atoms with Crippen molar-refractivity contribution in [3.05, 3.63) is 60.4 Å². The number of nitrogens with one attached hydrogen (secondary N) is 1. The molecule has 0 spiro atoms. The first-order chi connectivity index (χ1) is 15.8. The van der Waals surface area contributed by atoms with Crippen LogP contribution in [0.2, 0.25) is 0 Å². The lowest BCUT2D eigenvalue weighted by atomic mass is 10.2. The summed E-state index contributed by atoms with van der Waals surface area (Å²) in [6.45, 7) is 2.01. The van der Waals surface area contributed by atoms with E-state index in [1.807, 2.05) is 41.8 Å². The van der Waals surface area contributed by atoms with Crippen LogP contribution in [0.15, 0.2) is 64.6 Å². The van der Waals surface area contributed by atoms with E-state index in [0.717, 1.165) is 23.3 Å². The van der Waals surface area contributed by atoms with Crippen molar-refractivity contribution < 1.29 is 13.2 Å². The summed E-state index contributed by atoms with van der Waals surface area (Å²) >= 11 is 2.50. The van der Waals surface area contributed by atoms with Gasteiger partial charge in [-0.25, -0.2) is 8.42 Å². The second-order valence-corrected chi connectivity index (χ2v) is 10.9. The molecule has 4 rings (SSSR count). The van der Waals surface area contributed by atoms with Crippen molar-refractivity contribution >= 4 is 44.0 Å². The number of nitrogens with zero attached hydrogens (tertiary/aromatic N) is 5. The first-order valence-corrected chi connectivity index (χ1v) is 13.6. The Labute approximate surface area is 199 Å². The summed E-state index contributed by atoms with van der Waals surface area (Å²) in [7, 11) is -3.27. The van der Waals surface area contributed by atoms with Crippen molar-refractivity contribution in [1.29, 1.82) is 0 Å². The summed E-state index contributed by atoms with van der Waals surface area (Å²) in [4.78, 5) is 12.7. The molecule has 1 N–H and O–H groups in total. The van der Waals surface area contributed by atoms with Crippen LogP contribution in [0.4, 0.5) is 5.13 Å². The number of hydrogen-bond acceptors (Lipinski definition) is 9. The van der Waals surface area contributed by atoms with E-state index in [1.165, 1.54) is 35.2 Å². The Kier molecular flexibility index (Phi) is 6.86. The molecule has 0 aliphatic heterocycles. The lowest BCUT2D eigenvalue weighted by molar-refractivity contribution is -0.113. The van der Waals surface area contributed by atoms with Gasteiger partial charge < -0.3 is 0 Å². The fourth-order valence-corrected chi connectivity index (χ4v) is 5.15. The number of anilines is 1. The van der Waals surface area contributed by atoms with Crippen molar-refractivity contribution in [2.45, 2.75) is 23.4 Å². The third-order valence-corrected chi connectivity index (χ3v) is 7.51. The van der Waals surface area contributed by atoms with E-state index < -0.39 is 9.84 Å². The van der Waals surface area contributed by atoms with Gasteiger partial charge in [0, 0.05) is 23.9 Å². The van der Waals surface area contributed by atoms with Crippen molar-refractivity contribution in [1.82, 2.24) is 25.0 Å². The monoisotopic (exact) mass is 500 g/mol. The van der Waals surface area contributed by atoms with Gasteiger partial charge in [0.1, 0.15) is 10.8 Å². The molecule has 1 amide bonds. The molecule has 0 bridgehead atoms. The summed E-state index contributed by atoms with van der Waals surface area (Å²) in [6, 6.07) is 16.1. The molecule has 2 aromatic carbocycles. The van der Waals surface area contributed by atoms with Gasteiger partial charge in [0.25, 0.3) is 0 Å². The van der Waals surface area contributed by atoms with Crippen LogP contribution in [-0.4, -0.2) is 51.3 Å². The molecule has 9 nitrogen and oxygen atoms in total. The molecule has 0 fully saturated rings. The minimum atomic E-state index is -3.27. The van der Waals surface area contributed by atoms with Crippen LogP contribution in [-0.2, 0) is 21.1 Å². The zero-order chi connectivity index (χ0) is 23.4. The molecule has 0 aliphatic carbocycles. The van der Waals surface area contributed by atoms with Gasteiger partial charge in [-0.3, -0.25) is 14.7 Å². The molecule has 0 radical (unpaired) electrons. The van der Waals surface area contributed by atoms with Gasteiger partial charge in [0.2, 0.25) is 11.0 Å². The highest BCUT2D eigenvalue weighted by molar-refractivity contribution is 7.99. The average Bonchev–Trinajstić information content (AvgIpc) is 3.44. The van der Waals surface area contributed by atoms with E-state index in [9.17, 15) is 13.2 Å². The third-order valence-electron chi connectivity index (χ3n) is 4.56. The largest absolute Gasteiger partial charge is 0.300 e. The maximum atomic E-state index is 12.5. The van der Waals surface area contributed by atoms with Crippen LogP contribution in [0, 0.1) is 0 Å². The first-order valence-electron chi connectivity index (χ1n) is 9.91. The topological polar surface area (TPSA) is 120 Å². The molecule has 2 heterocycles. The molecule has 0 aliphatic rings. The third kappa shape index (κ3) is 5.46. The molecular formula is C21H20N6O3S3. The van der Waals surface area contributed by atoms with E-state index in [1.54, 1.807) is 12.1 Å². The number of para-hydroxylation sites is 1. The number of rotatable bonds is 8. The van der Waals surface area contributed by atoms with Crippen LogP contribution >= 0.6 is 23.1 Å². The second-order valence-electron chi connectivity index (χ2n) is 6.97. The highest BCUT2D eigenvalue weighted by Gasteiger charge is 2.16. The quantitative estimate of drug-likeness (QED) is 0.365. The molecule has 2 aromatic heterocycles. The van der Waals surface area contributed by atoms with Crippen molar-refractivity contribution in [2.24, 2.45) is 0 Å². The number of aromatic nitrogens is 5. The van der Waals surface area contributed by atoms with E-state index >= 15 is 0 Å². The molecule has 170 valence electrons. The number of thioether (sulfide) groups is 1. The molecule has 33 heavy (non-hydrogen) atoms. The number of carbonyl (C=O) groups is 1. The van der Waals surface area contributed by atoms with E-state index in [4.69, 9.17) is 0 Å². The fourth-order valence-electron chi connectivity index (χ4n) is 2.98. The Bertz CT molecular complexity index is 1370. The Morgan fingerprint density at radius 1 is 1.03 bits per heavy atom. The number of hydrogen-bond donors (Lipinski definition) is 1. The Morgan fingerprint density at radius 3 is 2.42 bits per heavy atom. The number of aryl methyl sites for hydroxylation is 1. The van der Waals surface area contributed by atoms with Gasteiger partial charge in [-0.05, 0) is 24.3 Å². The first kappa shape index (κ1) is 23.1. The van der Waals surface area contributed by atoms with Crippen LogP contribution < -0.4 is 5.32 Å². The van der Waals surface area contributed by atoms with E-state index in [2.05, 4.69) is 25.7 Å². The molecule has 0 saturated heterocycles. The molecule has 0 unspecified atom stereocenters. The highest BCUT2D eigenvalue weighted by atomic mass is 32.2. The Balaban J connectivity index is 1.41. The maximum absolute atomic E-state index is 12.5. The highest BCUT2D eigenvalue weighted by Crippen LogP contribution is 2.28. The van der Waals surface area contributed by atoms with Gasteiger partial charge in [0.15, 0.2) is 15.0 Å². The predicted molar refractivity (Wildman–Crippen MR) is 129 cm³/mol. The molecule has 0 atom stereocenters. The minimum absolute atomic E-state index is 0.132. The van der Waals surface area contributed by atoms with Gasteiger partial charge in [-0.1, -0.05) is 60.4 Å². The lowest BCUT2D eigenvalue weighted by Gasteiger charge is -2.08. The standard InChI is InChI=1S/C21H20N6O3S3/c1-3-17-23-26-21(27(17)15-7-5-4-6-8-15)31-13-18(28)22-20-25-24-19(32-20)14-9-11-16(12-10-14)33(2,29)30/h4-12H,3,13H2,1-2H3,(H,22,25,28). The fraction of sp³-hybridized carbons (Fsp3) is 0.190. The van der Waals surface area contributed by atoms with Crippen LogP contribution in [0.3, 0.4) is 0 Å². The number of sulfone groups is 1. The minimum Gasteiger partial charge on any atom is -0.300 e. The van der Waals surface area contributed by atoms with E-state index in [-0.39, 0.29) is 16.6 Å². The Morgan fingerprint density at radius 2 is 1.76 bits per heavy atom. The van der Waals surface area contributed by atoms with Crippen LogP contribution in [0.5, 0.6) is 0 Å². The van der Waals surface area contributed by atoms with Crippen molar-refractivity contribution in [3.8, 4) is 16.3 Å². The zero-order valence-electron chi connectivity index (χ0n) is 17.8. The number of carbonyl (C=O) groups excluding carboxylic acids is 1. The Hall–Kier alpha value is -3.09. The SMILES string of the molecule is CCc1nnc(SCC(=O)Nc2nnc(-c3ccc(S(C)(=O)=O)cc3)s2)n1-c1ccccc1. The lowest BCUT2D eigenvalue weighted by Crippen LogP contribution is -2.14. The van der Waals surface area contributed by atoms with E-state index in [0.29, 0.717) is 21.7 Å². The summed E-state index contributed by atoms with van der Waals surface area (Å²) in [5, 5.41) is 20.9. The number of benzene rings is 2. The molecular weight excluding hydrogens is 480 g/mol. The average molecular weight is 501 g/mol. The number of amides is 1. The van der Waals surface area contributed by atoms with Gasteiger partial charge in [0.05, 0.1) is 10.6 Å². The van der Waals surface area contributed by atoms with Gasteiger partial charge >= 0.3 is 0 Å². The maximum Gasteiger partial charge on any atom is 0.236 e. The van der Waals surface area contributed by atoms with Crippen molar-refractivity contribution in [3.63, 3.8) is 0 Å². The smallest absolute Gasteiger partial charge is 0.236 e. The summed E-state index contributed by atoms with van der Waals surface area (Å²) < 4.78 is 25.2. The zero-order valence-corrected chi connectivity index (χ0v) is 20.2. The van der Waals surface area contributed by atoms with Crippen molar-refractivity contribution in [2.75, 3.05) is 17.3 Å². The normalized spacial score (nSPS) is 11.5. The molecule has 12 heteroatoms. The van der Waals surface area contributed by atoms with Gasteiger partial charge in [-0.2, -0.15) is 0 Å². The van der Waals surface area contributed by atoms with Crippen LogP contribution in [0.25, 0.3) is 16.3 Å². The summed E-state index contributed by atoms with van der Waals surface area (Å²) in [5.74, 6) is 0.711. The molecule has 0 saturated carbocycles. The molecule has 4 aromatic rings. The summed E-state index contributed by atoms with van der Waals surface area (Å²) in [6.07, 6.45) is 1.87. The van der Waals surface area contributed by atoms with Gasteiger partial charge in [-0.15, -0.1) is 20.4 Å². The second kappa shape index (κ2) is 9.81. The predicted octanol–water partition coefficient (Wildman–Crippen LogP) is 3.48. The summed E-state index contributed by atoms with van der Waals surface area (Å²) in [5.41, 5.74) is 1.66.